The summed E-state index contributed by atoms with van der Waals surface area (Å²) in [4.78, 5) is 29.1. The Labute approximate surface area is 177 Å². The van der Waals surface area contributed by atoms with E-state index in [9.17, 15) is 14.9 Å². The molecule has 2 amide bonds. The quantitative estimate of drug-likeness (QED) is 0.695. The Morgan fingerprint density at radius 2 is 1.97 bits per heavy atom. The van der Waals surface area contributed by atoms with Gasteiger partial charge in [-0.2, -0.15) is 5.26 Å². The molecule has 0 unspecified atom stereocenters. The summed E-state index contributed by atoms with van der Waals surface area (Å²) in [6.07, 6.45) is 2.03. The number of nitriles is 1. The number of methoxy groups -OCH3 is 1. The van der Waals surface area contributed by atoms with Crippen LogP contribution in [0.3, 0.4) is 0 Å². The smallest absolute Gasteiger partial charge is 0.258 e. The van der Waals surface area contributed by atoms with Crippen LogP contribution < -0.4 is 4.74 Å². The molecule has 0 radical (unpaired) electrons. The molecule has 0 N–H and O–H groups in total. The topological polar surface area (TPSA) is 92.1 Å². The molecule has 1 saturated heterocycles. The van der Waals surface area contributed by atoms with E-state index in [-0.39, 0.29) is 42.3 Å². The Hall–Kier alpha value is -2.63. The number of fused-ring (bicyclic) bond motifs is 3. The van der Waals surface area contributed by atoms with E-state index in [2.05, 4.69) is 0 Å². The summed E-state index contributed by atoms with van der Waals surface area (Å²) in [5, 5.41) is 9.27. The first-order chi connectivity index (χ1) is 14.3. The van der Waals surface area contributed by atoms with Gasteiger partial charge >= 0.3 is 0 Å². The van der Waals surface area contributed by atoms with Crippen molar-refractivity contribution in [2.75, 3.05) is 34.4 Å². The predicted molar refractivity (Wildman–Crippen MR) is 109 cm³/mol. The third-order valence-corrected chi connectivity index (χ3v) is 6.02. The van der Waals surface area contributed by atoms with Gasteiger partial charge in [0.2, 0.25) is 5.91 Å². The highest BCUT2D eigenvalue weighted by atomic mass is 16.6. The lowest BCUT2D eigenvalue weighted by Gasteiger charge is -2.37. The fraction of sp³-hybridized carbons (Fsp3) is 0.591. The molecular formula is C22H29N3O5. The lowest BCUT2D eigenvalue weighted by atomic mass is 9.99. The van der Waals surface area contributed by atoms with Crippen LogP contribution >= 0.6 is 0 Å². The van der Waals surface area contributed by atoms with Gasteiger partial charge in [-0.1, -0.05) is 0 Å². The Morgan fingerprint density at radius 3 is 2.67 bits per heavy atom. The van der Waals surface area contributed by atoms with Crippen LogP contribution in [0.15, 0.2) is 18.2 Å². The van der Waals surface area contributed by atoms with Gasteiger partial charge in [-0.25, -0.2) is 0 Å². The second-order valence-electron chi connectivity index (χ2n) is 7.92. The molecule has 2 aliphatic rings. The molecule has 162 valence electrons. The number of ether oxygens (including phenoxy) is 3. The van der Waals surface area contributed by atoms with Gasteiger partial charge in [0.25, 0.3) is 5.91 Å². The summed E-state index contributed by atoms with van der Waals surface area (Å²) in [5.41, 5.74) is 0.595. The highest BCUT2D eigenvalue weighted by molar-refractivity contribution is 5.99. The molecule has 8 heteroatoms. The Bertz CT molecular complexity index is 837. The molecule has 0 aliphatic carbocycles. The monoisotopic (exact) mass is 415 g/mol. The van der Waals surface area contributed by atoms with E-state index in [1.54, 1.807) is 45.2 Å². The van der Waals surface area contributed by atoms with Gasteiger partial charge in [-0.05, 0) is 44.4 Å². The average Bonchev–Trinajstić information content (AvgIpc) is 2.78. The maximum absolute atomic E-state index is 13.2. The summed E-state index contributed by atoms with van der Waals surface area (Å²) in [6, 6.07) is 6.12. The second-order valence-corrected chi connectivity index (χ2v) is 7.92. The standard InChI is InChI=1S/C22H29N3O5/c1-14-21(26)24(2)10-9-16-6-8-19(28-4)20(30-16)13-29-18-7-5-15(12-23)11-17(18)22(27)25(14)3/h5,7,11,14,16,19-20H,6,8-10,13H2,1-4H3/t14-,16+,19-,20-/m0/s1. The van der Waals surface area contributed by atoms with Gasteiger partial charge in [0.15, 0.2) is 0 Å². The Kier molecular flexibility index (Phi) is 6.95. The number of benzene rings is 1. The number of carbonyl (C=O) groups excluding carboxylic acids is 2. The fourth-order valence-corrected chi connectivity index (χ4v) is 3.93. The molecular weight excluding hydrogens is 386 g/mol. The van der Waals surface area contributed by atoms with Gasteiger partial charge in [-0.15, -0.1) is 0 Å². The van der Waals surface area contributed by atoms with Gasteiger partial charge in [0, 0.05) is 27.7 Å². The number of amides is 2. The van der Waals surface area contributed by atoms with E-state index in [4.69, 9.17) is 14.2 Å². The largest absolute Gasteiger partial charge is 0.490 e. The van der Waals surface area contributed by atoms with Gasteiger partial charge in [0.05, 0.1) is 29.4 Å². The Morgan fingerprint density at radius 1 is 1.20 bits per heavy atom. The zero-order valence-electron chi connectivity index (χ0n) is 18.0. The summed E-state index contributed by atoms with van der Waals surface area (Å²) in [5.74, 6) is -0.167. The molecule has 2 aliphatic heterocycles. The summed E-state index contributed by atoms with van der Waals surface area (Å²) >= 11 is 0. The predicted octanol–water partition coefficient (Wildman–Crippen LogP) is 1.82. The van der Waals surface area contributed by atoms with Crippen LogP contribution in [-0.4, -0.2) is 80.3 Å². The maximum atomic E-state index is 13.2. The second kappa shape index (κ2) is 9.45. The molecule has 30 heavy (non-hydrogen) atoms. The summed E-state index contributed by atoms with van der Waals surface area (Å²) < 4.78 is 17.8. The van der Waals surface area contributed by atoms with Crippen LogP contribution in [0.2, 0.25) is 0 Å². The third-order valence-electron chi connectivity index (χ3n) is 6.02. The SMILES string of the molecule is CO[C@H]1CC[C@@H]2CCN(C)C(=O)[C@H](C)N(C)C(=O)c3cc(C#N)ccc3OC[C@@H]1O2. The first-order valence-corrected chi connectivity index (χ1v) is 10.2. The minimum atomic E-state index is -0.651. The van der Waals surface area contributed by atoms with Gasteiger partial charge in [0.1, 0.15) is 24.5 Å². The van der Waals surface area contributed by atoms with Crippen molar-refractivity contribution in [3.05, 3.63) is 29.3 Å². The van der Waals surface area contributed by atoms with Crippen LogP contribution in [0.25, 0.3) is 0 Å². The Balaban J connectivity index is 1.98. The van der Waals surface area contributed by atoms with Crippen molar-refractivity contribution in [2.24, 2.45) is 0 Å². The molecule has 4 atom stereocenters. The van der Waals surface area contributed by atoms with Gasteiger partial charge < -0.3 is 24.0 Å². The lowest BCUT2D eigenvalue weighted by molar-refractivity contribution is -0.146. The third kappa shape index (κ3) is 4.58. The van der Waals surface area contributed by atoms with Crippen molar-refractivity contribution in [3.8, 4) is 11.8 Å². The molecule has 0 saturated carbocycles. The number of hydrogen-bond donors (Lipinski definition) is 0. The van der Waals surface area contributed by atoms with Crippen molar-refractivity contribution in [1.29, 1.82) is 5.26 Å². The van der Waals surface area contributed by atoms with Crippen molar-refractivity contribution >= 4 is 11.8 Å². The first kappa shape index (κ1) is 22.1. The lowest BCUT2D eigenvalue weighted by Crippen LogP contribution is -2.48. The highest BCUT2D eigenvalue weighted by Crippen LogP contribution is 2.28. The number of nitrogens with zero attached hydrogens (tertiary/aromatic N) is 3. The highest BCUT2D eigenvalue weighted by Gasteiger charge is 2.34. The number of hydrogen-bond acceptors (Lipinski definition) is 6. The van der Waals surface area contributed by atoms with E-state index in [1.807, 2.05) is 6.07 Å². The molecule has 1 aromatic carbocycles. The molecule has 0 spiro atoms. The minimum absolute atomic E-state index is 0.0123. The zero-order valence-corrected chi connectivity index (χ0v) is 18.0. The molecule has 3 rings (SSSR count). The molecule has 1 aromatic rings. The zero-order chi connectivity index (χ0) is 21.8. The summed E-state index contributed by atoms with van der Waals surface area (Å²) in [6.45, 7) is 2.47. The fourth-order valence-electron chi connectivity index (χ4n) is 3.93. The molecule has 2 heterocycles. The van der Waals surface area contributed by atoms with Crippen LogP contribution in [0.1, 0.15) is 42.1 Å². The maximum Gasteiger partial charge on any atom is 0.258 e. The van der Waals surface area contributed by atoms with Crippen molar-refractivity contribution in [1.82, 2.24) is 9.80 Å². The first-order valence-electron chi connectivity index (χ1n) is 10.2. The normalized spacial score (nSPS) is 28.2. The van der Waals surface area contributed by atoms with E-state index >= 15 is 0 Å². The molecule has 0 aromatic heterocycles. The van der Waals surface area contributed by atoms with Crippen LogP contribution in [0, 0.1) is 11.3 Å². The van der Waals surface area contributed by atoms with E-state index in [0.29, 0.717) is 24.3 Å². The van der Waals surface area contributed by atoms with Crippen molar-refractivity contribution in [2.45, 2.75) is 50.5 Å². The summed E-state index contributed by atoms with van der Waals surface area (Å²) in [7, 11) is 4.98. The van der Waals surface area contributed by atoms with Crippen LogP contribution in [-0.2, 0) is 14.3 Å². The van der Waals surface area contributed by atoms with Crippen molar-refractivity contribution < 1.29 is 23.8 Å². The minimum Gasteiger partial charge on any atom is -0.490 e. The van der Waals surface area contributed by atoms with E-state index in [0.717, 1.165) is 12.8 Å². The molecule has 2 bridgehead atoms. The van der Waals surface area contributed by atoms with Crippen LogP contribution in [0.4, 0.5) is 0 Å². The van der Waals surface area contributed by atoms with Crippen molar-refractivity contribution in [3.63, 3.8) is 0 Å². The number of rotatable bonds is 1. The molecule has 8 nitrogen and oxygen atoms in total. The van der Waals surface area contributed by atoms with E-state index < -0.39 is 6.04 Å². The van der Waals surface area contributed by atoms with Gasteiger partial charge in [-0.3, -0.25) is 9.59 Å². The molecule has 1 fully saturated rings. The van der Waals surface area contributed by atoms with E-state index in [1.165, 1.54) is 11.0 Å². The number of carbonyl (C=O) groups is 2. The van der Waals surface area contributed by atoms with Crippen LogP contribution in [0.5, 0.6) is 5.75 Å². The number of likely N-dealkylation sites (N-methyl/N-ethyl adjacent to an activating group) is 2. The average molecular weight is 415 g/mol.